The molecule has 14 heavy (non-hydrogen) atoms. The van der Waals surface area contributed by atoms with E-state index in [9.17, 15) is 0 Å². The van der Waals surface area contributed by atoms with Crippen molar-refractivity contribution < 1.29 is 4.74 Å². The maximum absolute atomic E-state index is 6.07. The van der Waals surface area contributed by atoms with Gasteiger partial charge in [-0.3, -0.25) is 0 Å². The summed E-state index contributed by atoms with van der Waals surface area (Å²) in [5.41, 5.74) is 1.17. The largest absolute Gasteiger partial charge is 0.375 e. The van der Waals surface area contributed by atoms with Gasteiger partial charge in [0.25, 0.3) is 0 Å². The fourth-order valence-electron chi connectivity index (χ4n) is 1.66. The van der Waals surface area contributed by atoms with Gasteiger partial charge in [-0.05, 0) is 11.6 Å². The van der Waals surface area contributed by atoms with Crippen LogP contribution in [-0.4, -0.2) is 25.8 Å². The molecule has 1 aromatic carbocycles. The van der Waals surface area contributed by atoms with Gasteiger partial charge in [-0.1, -0.05) is 29.8 Å². The van der Waals surface area contributed by atoms with Crippen LogP contribution < -0.4 is 5.32 Å². The number of rotatable bonds is 2. The van der Waals surface area contributed by atoms with Gasteiger partial charge in [-0.2, -0.15) is 0 Å². The van der Waals surface area contributed by atoms with Crippen LogP contribution in [0, 0.1) is 0 Å². The number of halogens is 1. The highest BCUT2D eigenvalue weighted by Gasteiger charge is 2.14. The Morgan fingerprint density at radius 2 is 2.29 bits per heavy atom. The van der Waals surface area contributed by atoms with E-state index < -0.39 is 0 Å². The summed E-state index contributed by atoms with van der Waals surface area (Å²) in [7, 11) is 0. The number of nitrogens with one attached hydrogen (secondary N) is 1. The van der Waals surface area contributed by atoms with Crippen molar-refractivity contribution >= 4 is 11.6 Å². The third-order valence-corrected chi connectivity index (χ3v) is 2.78. The van der Waals surface area contributed by atoms with Crippen LogP contribution in [0.3, 0.4) is 0 Å². The topological polar surface area (TPSA) is 21.3 Å². The quantitative estimate of drug-likeness (QED) is 0.807. The van der Waals surface area contributed by atoms with Crippen molar-refractivity contribution in [2.75, 3.05) is 19.7 Å². The minimum absolute atomic E-state index is 0.267. The smallest absolute Gasteiger partial charge is 0.0740 e. The molecule has 0 amide bonds. The zero-order valence-corrected chi connectivity index (χ0v) is 8.76. The SMILES string of the molecule is Clc1ccccc1CC1CNCCO1. The fourth-order valence-corrected chi connectivity index (χ4v) is 1.87. The second kappa shape index (κ2) is 4.78. The summed E-state index contributed by atoms with van der Waals surface area (Å²) in [5, 5.41) is 4.14. The molecule has 0 aliphatic carbocycles. The van der Waals surface area contributed by atoms with Gasteiger partial charge in [-0.25, -0.2) is 0 Å². The first-order valence-corrected chi connectivity index (χ1v) is 5.30. The molecule has 0 bridgehead atoms. The van der Waals surface area contributed by atoms with Crippen molar-refractivity contribution in [1.29, 1.82) is 0 Å². The Labute approximate surface area is 89.2 Å². The molecular weight excluding hydrogens is 198 g/mol. The Morgan fingerprint density at radius 3 is 3.00 bits per heavy atom. The summed E-state index contributed by atoms with van der Waals surface area (Å²) >= 11 is 6.07. The van der Waals surface area contributed by atoms with E-state index in [4.69, 9.17) is 16.3 Å². The Hall–Kier alpha value is -0.570. The van der Waals surface area contributed by atoms with Gasteiger partial charge in [0.15, 0.2) is 0 Å². The minimum atomic E-state index is 0.267. The highest BCUT2D eigenvalue weighted by atomic mass is 35.5. The number of hydrogen-bond donors (Lipinski definition) is 1. The minimum Gasteiger partial charge on any atom is -0.375 e. The van der Waals surface area contributed by atoms with E-state index in [1.54, 1.807) is 0 Å². The molecule has 2 nitrogen and oxygen atoms in total. The lowest BCUT2D eigenvalue weighted by atomic mass is 10.1. The zero-order chi connectivity index (χ0) is 9.80. The van der Waals surface area contributed by atoms with E-state index in [1.807, 2.05) is 18.2 Å². The molecule has 2 rings (SSSR count). The van der Waals surface area contributed by atoms with Gasteiger partial charge in [-0.15, -0.1) is 0 Å². The van der Waals surface area contributed by atoms with Crippen LogP contribution >= 0.6 is 11.6 Å². The van der Waals surface area contributed by atoms with E-state index in [2.05, 4.69) is 11.4 Å². The van der Waals surface area contributed by atoms with E-state index in [1.165, 1.54) is 5.56 Å². The van der Waals surface area contributed by atoms with E-state index in [0.717, 1.165) is 31.1 Å². The van der Waals surface area contributed by atoms with Crippen LogP contribution in [0.25, 0.3) is 0 Å². The average molecular weight is 212 g/mol. The molecule has 3 heteroatoms. The second-order valence-corrected chi connectivity index (χ2v) is 3.90. The molecule has 1 aliphatic rings. The molecule has 76 valence electrons. The highest BCUT2D eigenvalue weighted by molar-refractivity contribution is 6.31. The van der Waals surface area contributed by atoms with Gasteiger partial charge in [0.2, 0.25) is 0 Å². The van der Waals surface area contributed by atoms with Crippen molar-refractivity contribution in [3.63, 3.8) is 0 Å². The molecule has 1 saturated heterocycles. The molecule has 1 aromatic rings. The van der Waals surface area contributed by atoms with Gasteiger partial charge < -0.3 is 10.1 Å². The maximum Gasteiger partial charge on any atom is 0.0740 e. The van der Waals surface area contributed by atoms with Crippen LogP contribution in [0.1, 0.15) is 5.56 Å². The molecule has 0 radical (unpaired) electrons. The normalized spacial score (nSPS) is 22.2. The predicted molar refractivity (Wildman–Crippen MR) is 57.8 cm³/mol. The van der Waals surface area contributed by atoms with Crippen LogP contribution in [0.2, 0.25) is 5.02 Å². The first-order valence-electron chi connectivity index (χ1n) is 4.92. The third kappa shape index (κ3) is 2.47. The lowest BCUT2D eigenvalue weighted by Crippen LogP contribution is -2.39. The molecule has 1 atom stereocenters. The Bertz CT molecular complexity index is 297. The molecular formula is C11H14ClNO. The van der Waals surface area contributed by atoms with Gasteiger partial charge in [0, 0.05) is 24.5 Å². The molecule has 1 unspecified atom stereocenters. The summed E-state index contributed by atoms with van der Waals surface area (Å²) in [4.78, 5) is 0. The second-order valence-electron chi connectivity index (χ2n) is 3.49. The molecule has 1 aliphatic heterocycles. The molecule has 0 aromatic heterocycles. The van der Waals surface area contributed by atoms with Crippen LogP contribution in [0.5, 0.6) is 0 Å². The summed E-state index contributed by atoms with van der Waals surface area (Å²) < 4.78 is 5.62. The molecule has 1 fully saturated rings. The van der Waals surface area contributed by atoms with Gasteiger partial charge >= 0.3 is 0 Å². The number of morpholine rings is 1. The Kier molecular flexibility index (Phi) is 3.40. The lowest BCUT2D eigenvalue weighted by Gasteiger charge is -2.23. The standard InChI is InChI=1S/C11H14ClNO/c12-11-4-2-1-3-9(11)7-10-8-13-5-6-14-10/h1-4,10,13H,5-8H2. The van der Waals surface area contributed by atoms with Gasteiger partial charge in [0.1, 0.15) is 0 Å². The summed E-state index contributed by atoms with van der Waals surface area (Å²) in [6.45, 7) is 2.68. The molecule has 1 N–H and O–H groups in total. The monoisotopic (exact) mass is 211 g/mol. The first kappa shape index (κ1) is 9.97. The molecule has 0 spiro atoms. The summed E-state index contributed by atoms with van der Waals surface area (Å²) in [6.07, 6.45) is 1.16. The molecule has 1 heterocycles. The predicted octanol–water partition coefficient (Wildman–Crippen LogP) is 1.87. The van der Waals surface area contributed by atoms with Crippen LogP contribution in [0.15, 0.2) is 24.3 Å². The fraction of sp³-hybridized carbons (Fsp3) is 0.455. The van der Waals surface area contributed by atoms with Crippen molar-refractivity contribution in [2.24, 2.45) is 0 Å². The first-order chi connectivity index (χ1) is 6.86. The number of ether oxygens (including phenoxy) is 1. The van der Waals surface area contributed by atoms with Crippen LogP contribution in [0.4, 0.5) is 0 Å². The van der Waals surface area contributed by atoms with E-state index >= 15 is 0 Å². The third-order valence-electron chi connectivity index (χ3n) is 2.41. The highest BCUT2D eigenvalue weighted by Crippen LogP contribution is 2.17. The lowest BCUT2D eigenvalue weighted by molar-refractivity contribution is 0.0292. The number of hydrogen-bond acceptors (Lipinski definition) is 2. The summed E-state index contributed by atoms with van der Waals surface area (Å²) in [6, 6.07) is 7.94. The Balaban J connectivity index is 1.99. The zero-order valence-electron chi connectivity index (χ0n) is 8.00. The van der Waals surface area contributed by atoms with Crippen molar-refractivity contribution in [3.05, 3.63) is 34.9 Å². The summed E-state index contributed by atoms with van der Waals surface area (Å²) in [5.74, 6) is 0. The number of benzene rings is 1. The maximum atomic E-state index is 6.07. The Morgan fingerprint density at radius 1 is 1.43 bits per heavy atom. The van der Waals surface area contributed by atoms with E-state index in [0.29, 0.717) is 0 Å². The van der Waals surface area contributed by atoms with Gasteiger partial charge in [0.05, 0.1) is 12.7 Å². The van der Waals surface area contributed by atoms with E-state index in [-0.39, 0.29) is 6.10 Å². The average Bonchev–Trinajstić information content (AvgIpc) is 2.23. The molecule has 0 saturated carbocycles. The van der Waals surface area contributed by atoms with Crippen molar-refractivity contribution in [1.82, 2.24) is 5.32 Å². The van der Waals surface area contributed by atoms with Crippen molar-refractivity contribution in [2.45, 2.75) is 12.5 Å². The van der Waals surface area contributed by atoms with Crippen molar-refractivity contribution in [3.8, 4) is 0 Å². The van der Waals surface area contributed by atoms with Crippen LogP contribution in [-0.2, 0) is 11.2 Å².